The predicted octanol–water partition coefficient (Wildman–Crippen LogP) is 1.86. The summed E-state index contributed by atoms with van der Waals surface area (Å²) in [6.45, 7) is 4.61. The molecule has 1 aliphatic heterocycles. The van der Waals surface area contributed by atoms with Gasteiger partial charge in [0.15, 0.2) is 0 Å². The second kappa shape index (κ2) is 7.55. The Labute approximate surface area is 152 Å². The van der Waals surface area contributed by atoms with Gasteiger partial charge in [0.05, 0.1) is 24.4 Å². The van der Waals surface area contributed by atoms with Crippen molar-refractivity contribution in [1.29, 1.82) is 0 Å². The molecule has 1 aromatic carbocycles. The molecule has 3 rings (SSSR count). The number of carbonyl (C=O) groups is 1. The number of carbonyl (C=O) groups excluding carboxylic acids is 1. The summed E-state index contributed by atoms with van der Waals surface area (Å²) in [6.07, 6.45) is -0.877. The number of aryl methyl sites for hydroxylation is 1. The second-order valence-corrected chi connectivity index (χ2v) is 7.09. The Bertz CT molecular complexity index is 803. The molecule has 0 bridgehead atoms. The molecule has 0 fully saturated rings. The van der Waals surface area contributed by atoms with Crippen LogP contribution in [0.4, 0.5) is 4.39 Å². The van der Waals surface area contributed by atoms with Crippen molar-refractivity contribution in [3.8, 4) is 0 Å². The van der Waals surface area contributed by atoms with Gasteiger partial charge in [-0.15, -0.1) is 0 Å². The number of nitrogens with zero attached hydrogens (tertiary/aromatic N) is 4. The van der Waals surface area contributed by atoms with E-state index < -0.39 is 6.10 Å². The van der Waals surface area contributed by atoms with Gasteiger partial charge in [0, 0.05) is 33.7 Å². The summed E-state index contributed by atoms with van der Waals surface area (Å²) in [5, 5.41) is 14.7. The lowest BCUT2D eigenvalue weighted by Gasteiger charge is -2.27. The molecule has 1 amide bonds. The Morgan fingerprint density at radius 2 is 2.12 bits per heavy atom. The lowest BCUT2D eigenvalue weighted by Crippen LogP contribution is -2.33. The van der Waals surface area contributed by atoms with E-state index in [-0.39, 0.29) is 18.1 Å². The maximum Gasteiger partial charge on any atom is 0.225 e. The summed E-state index contributed by atoms with van der Waals surface area (Å²) in [6, 6.07) is 7.19. The minimum absolute atomic E-state index is 0.0236. The third kappa shape index (κ3) is 4.11. The number of rotatable bonds is 5. The van der Waals surface area contributed by atoms with Gasteiger partial charge in [-0.2, -0.15) is 5.10 Å². The fourth-order valence-corrected chi connectivity index (χ4v) is 3.09. The Morgan fingerprint density at radius 3 is 2.81 bits per heavy atom. The third-order valence-corrected chi connectivity index (χ3v) is 4.75. The number of halogens is 1. The van der Waals surface area contributed by atoms with E-state index >= 15 is 0 Å². The van der Waals surface area contributed by atoms with Gasteiger partial charge in [-0.3, -0.25) is 14.4 Å². The standard InChI is InChI=1S/C19H25FN4O2/c1-13-4-5-14(8-16(13)20)11-23-6-7-24-15(12-23)9-17(21-24)18(25)10-19(26)22(2)3/h4-5,8-9,18,25H,6-7,10-12H2,1-3H3/t18-/m1/s1. The van der Waals surface area contributed by atoms with E-state index in [0.717, 1.165) is 17.8 Å². The Morgan fingerprint density at radius 1 is 1.35 bits per heavy atom. The zero-order chi connectivity index (χ0) is 18.8. The molecule has 1 atom stereocenters. The first-order valence-corrected chi connectivity index (χ1v) is 8.75. The summed E-state index contributed by atoms with van der Waals surface area (Å²) in [7, 11) is 3.33. The predicted molar refractivity (Wildman–Crippen MR) is 95.7 cm³/mol. The topological polar surface area (TPSA) is 61.6 Å². The minimum Gasteiger partial charge on any atom is -0.386 e. The van der Waals surface area contributed by atoms with Crippen LogP contribution in [0.1, 0.15) is 35.0 Å². The normalized spacial score (nSPS) is 15.6. The molecular weight excluding hydrogens is 335 g/mol. The molecule has 6 nitrogen and oxygen atoms in total. The first kappa shape index (κ1) is 18.5. The Hall–Kier alpha value is -2.25. The monoisotopic (exact) mass is 360 g/mol. The van der Waals surface area contributed by atoms with Crippen molar-refractivity contribution in [1.82, 2.24) is 19.6 Å². The first-order valence-electron chi connectivity index (χ1n) is 8.75. The quantitative estimate of drug-likeness (QED) is 0.884. The summed E-state index contributed by atoms with van der Waals surface area (Å²) in [4.78, 5) is 15.5. The number of amides is 1. The minimum atomic E-state index is -0.900. The van der Waals surface area contributed by atoms with Gasteiger partial charge in [0.2, 0.25) is 5.91 Å². The fraction of sp³-hybridized carbons (Fsp3) is 0.474. The summed E-state index contributed by atoms with van der Waals surface area (Å²) >= 11 is 0. The van der Waals surface area contributed by atoms with Gasteiger partial charge in [-0.1, -0.05) is 12.1 Å². The van der Waals surface area contributed by atoms with E-state index in [4.69, 9.17) is 0 Å². The van der Waals surface area contributed by atoms with Crippen LogP contribution < -0.4 is 0 Å². The zero-order valence-corrected chi connectivity index (χ0v) is 15.4. The molecule has 0 radical (unpaired) electrons. The van der Waals surface area contributed by atoms with Crippen LogP contribution >= 0.6 is 0 Å². The van der Waals surface area contributed by atoms with Gasteiger partial charge < -0.3 is 10.0 Å². The van der Waals surface area contributed by atoms with Crippen LogP contribution in [0.25, 0.3) is 0 Å². The number of fused-ring (bicyclic) bond motifs is 1. The van der Waals surface area contributed by atoms with Crippen molar-refractivity contribution in [2.45, 2.75) is 39.1 Å². The Kier molecular flexibility index (Phi) is 5.38. The van der Waals surface area contributed by atoms with Crippen LogP contribution in [0.2, 0.25) is 0 Å². The number of hydrogen-bond donors (Lipinski definition) is 1. The molecule has 1 N–H and O–H groups in total. The molecule has 26 heavy (non-hydrogen) atoms. The van der Waals surface area contributed by atoms with Crippen LogP contribution in [0.5, 0.6) is 0 Å². The van der Waals surface area contributed by atoms with Crippen LogP contribution in [0.3, 0.4) is 0 Å². The van der Waals surface area contributed by atoms with Crippen molar-refractivity contribution < 1.29 is 14.3 Å². The lowest BCUT2D eigenvalue weighted by atomic mass is 10.1. The highest BCUT2D eigenvalue weighted by atomic mass is 19.1. The number of benzene rings is 1. The highest BCUT2D eigenvalue weighted by molar-refractivity contribution is 5.76. The molecule has 0 saturated heterocycles. The maximum absolute atomic E-state index is 13.7. The first-order chi connectivity index (χ1) is 12.3. The van der Waals surface area contributed by atoms with Crippen LogP contribution in [-0.2, 0) is 24.4 Å². The van der Waals surface area contributed by atoms with Gasteiger partial charge in [0.1, 0.15) is 11.9 Å². The average molecular weight is 360 g/mol. The average Bonchev–Trinajstić information content (AvgIpc) is 3.01. The van der Waals surface area contributed by atoms with Crippen molar-refractivity contribution >= 4 is 5.91 Å². The van der Waals surface area contributed by atoms with E-state index in [0.29, 0.717) is 30.9 Å². The maximum atomic E-state index is 13.7. The number of aliphatic hydroxyl groups excluding tert-OH is 1. The van der Waals surface area contributed by atoms with Crippen molar-refractivity contribution in [2.75, 3.05) is 20.6 Å². The molecule has 0 unspecified atom stereocenters. The third-order valence-electron chi connectivity index (χ3n) is 4.75. The van der Waals surface area contributed by atoms with Crippen molar-refractivity contribution in [2.24, 2.45) is 0 Å². The van der Waals surface area contributed by atoms with Gasteiger partial charge in [-0.25, -0.2) is 4.39 Å². The van der Waals surface area contributed by atoms with Crippen LogP contribution in [0, 0.1) is 12.7 Å². The molecule has 1 aliphatic rings. The fourth-order valence-electron chi connectivity index (χ4n) is 3.09. The molecule has 0 aliphatic carbocycles. The van der Waals surface area contributed by atoms with E-state index in [1.54, 1.807) is 33.2 Å². The van der Waals surface area contributed by atoms with Crippen LogP contribution in [-0.4, -0.2) is 51.2 Å². The molecule has 0 saturated carbocycles. The van der Waals surface area contributed by atoms with Crippen molar-refractivity contribution in [3.63, 3.8) is 0 Å². The second-order valence-electron chi connectivity index (χ2n) is 7.09. The number of hydrogen-bond acceptors (Lipinski definition) is 4. The molecule has 2 heterocycles. The number of aliphatic hydroxyl groups is 1. The van der Waals surface area contributed by atoms with Gasteiger partial charge in [0.25, 0.3) is 0 Å². The molecule has 2 aromatic rings. The molecular formula is C19H25FN4O2. The van der Waals surface area contributed by atoms with Crippen LogP contribution in [0.15, 0.2) is 24.3 Å². The van der Waals surface area contributed by atoms with E-state index in [2.05, 4.69) is 10.00 Å². The van der Waals surface area contributed by atoms with Gasteiger partial charge >= 0.3 is 0 Å². The van der Waals surface area contributed by atoms with E-state index in [1.165, 1.54) is 4.90 Å². The van der Waals surface area contributed by atoms with Gasteiger partial charge in [-0.05, 0) is 30.2 Å². The molecule has 140 valence electrons. The SMILES string of the molecule is Cc1ccc(CN2CCn3nc([C@H](O)CC(=O)N(C)C)cc3C2)cc1F. The van der Waals surface area contributed by atoms with Crippen molar-refractivity contribution in [3.05, 3.63) is 52.6 Å². The molecule has 0 spiro atoms. The highest BCUT2D eigenvalue weighted by Crippen LogP contribution is 2.22. The highest BCUT2D eigenvalue weighted by Gasteiger charge is 2.23. The Balaban J connectivity index is 1.66. The lowest BCUT2D eigenvalue weighted by molar-refractivity contribution is -0.130. The number of aromatic nitrogens is 2. The smallest absolute Gasteiger partial charge is 0.225 e. The van der Waals surface area contributed by atoms with E-state index in [1.807, 2.05) is 16.8 Å². The molecule has 1 aromatic heterocycles. The molecule has 7 heteroatoms. The summed E-state index contributed by atoms with van der Waals surface area (Å²) in [5.41, 5.74) is 3.11. The van der Waals surface area contributed by atoms with E-state index in [9.17, 15) is 14.3 Å². The zero-order valence-electron chi connectivity index (χ0n) is 15.4. The largest absolute Gasteiger partial charge is 0.386 e. The summed E-state index contributed by atoms with van der Waals surface area (Å²) in [5.74, 6) is -0.313. The summed E-state index contributed by atoms with van der Waals surface area (Å²) < 4.78 is 15.6.